The van der Waals surface area contributed by atoms with Crippen LogP contribution >= 0.6 is 15.9 Å². The number of hydrogen-bond acceptors (Lipinski definition) is 3. The largest absolute Gasteiger partial charge is 0.468 e. The van der Waals surface area contributed by atoms with Crippen molar-refractivity contribution in [1.29, 1.82) is 0 Å². The highest BCUT2D eigenvalue weighted by Crippen LogP contribution is 2.24. The van der Waals surface area contributed by atoms with E-state index in [4.69, 9.17) is 0 Å². The molecule has 0 aromatic carbocycles. The molecule has 1 amide bonds. The number of rotatable bonds is 9. The molecule has 0 unspecified atom stereocenters. The predicted molar refractivity (Wildman–Crippen MR) is 98.2 cm³/mol. The Bertz CT molecular complexity index is 486. The molecular formula is C18H28BrNO3. The molecule has 0 fully saturated rings. The lowest BCUT2D eigenvalue weighted by atomic mass is 9.87. The molecule has 130 valence electrons. The van der Waals surface area contributed by atoms with Gasteiger partial charge >= 0.3 is 5.97 Å². The van der Waals surface area contributed by atoms with Gasteiger partial charge in [-0.3, -0.25) is 9.59 Å². The Hall–Kier alpha value is -1.36. The summed E-state index contributed by atoms with van der Waals surface area (Å²) in [5, 5.41) is 2.48. The van der Waals surface area contributed by atoms with E-state index in [2.05, 4.69) is 58.9 Å². The summed E-state index contributed by atoms with van der Waals surface area (Å²) in [6.45, 7) is 8.19. The number of esters is 1. The number of amides is 1. The van der Waals surface area contributed by atoms with Gasteiger partial charge in [0.15, 0.2) is 0 Å². The smallest absolute Gasteiger partial charge is 0.325 e. The van der Waals surface area contributed by atoms with E-state index < -0.39 is 5.97 Å². The van der Waals surface area contributed by atoms with Crippen molar-refractivity contribution in [3.63, 3.8) is 0 Å². The molecule has 5 heteroatoms. The first-order valence-electron chi connectivity index (χ1n) is 7.68. The summed E-state index contributed by atoms with van der Waals surface area (Å²) in [7, 11) is 1.29. The summed E-state index contributed by atoms with van der Waals surface area (Å²) < 4.78 is 5.62. The van der Waals surface area contributed by atoms with E-state index in [1.54, 1.807) is 0 Å². The SMILES string of the molecule is COC(=O)CNC(=O)/C=C/C(C)(C)C/C=C(\C)CC/C=C(\C)Br. The van der Waals surface area contributed by atoms with Crippen LogP contribution in [-0.4, -0.2) is 25.5 Å². The third-order valence-electron chi connectivity index (χ3n) is 3.26. The molecule has 0 aromatic heterocycles. The Morgan fingerprint density at radius 3 is 2.43 bits per heavy atom. The lowest BCUT2D eigenvalue weighted by molar-refractivity contribution is -0.140. The molecule has 0 aliphatic heterocycles. The number of halogens is 1. The molecule has 0 rings (SSSR count). The van der Waals surface area contributed by atoms with E-state index in [0.29, 0.717) is 0 Å². The van der Waals surface area contributed by atoms with Crippen molar-refractivity contribution in [2.45, 2.75) is 47.0 Å². The van der Waals surface area contributed by atoms with Crippen LogP contribution in [0.2, 0.25) is 0 Å². The molecule has 0 saturated heterocycles. The quantitative estimate of drug-likeness (QED) is 0.366. The minimum atomic E-state index is -0.461. The van der Waals surface area contributed by atoms with Gasteiger partial charge in [0, 0.05) is 0 Å². The van der Waals surface area contributed by atoms with Crippen molar-refractivity contribution in [2.24, 2.45) is 5.41 Å². The monoisotopic (exact) mass is 385 g/mol. The predicted octanol–water partition coefficient (Wildman–Crippen LogP) is 4.27. The first kappa shape index (κ1) is 21.6. The topological polar surface area (TPSA) is 55.4 Å². The van der Waals surface area contributed by atoms with Crippen LogP contribution < -0.4 is 5.32 Å². The van der Waals surface area contributed by atoms with Gasteiger partial charge in [-0.2, -0.15) is 0 Å². The molecule has 23 heavy (non-hydrogen) atoms. The Balaban J connectivity index is 4.35. The van der Waals surface area contributed by atoms with Gasteiger partial charge < -0.3 is 10.1 Å². The second kappa shape index (κ2) is 11.2. The zero-order valence-electron chi connectivity index (χ0n) is 14.7. The molecule has 0 spiro atoms. The maximum Gasteiger partial charge on any atom is 0.325 e. The van der Waals surface area contributed by atoms with E-state index >= 15 is 0 Å². The molecule has 0 saturated carbocycles. The van der Waals surface area contributed by atoms with Gasteiger partial charge in [0.1, 0.15) is 6.54 Å². The molecule has 0 bridgehead atoms. The first-order chi connectivity index (χ1) is 10.7. The molecule has 0 heterocycles. The number of allylic oxidation sites excluding steroid dienone is 5. The minimum absolute atomic E-state index is 0.111. The zero-order chi connectivity index (χ0) is 17.9. The van der Waals surface area contributed by atoms with E-state index in [9.17, 15) is 9.59 Å². The molecule has 1 N–H and O–H groups in total. The van der Waals surface area contributed by atoms with Gasteiger partial charge in [-0.25, -0.2) is 0 Å². The highest BCUT2D eigenvalue weighted by atomic mass is 79.9. The van der Waals surface area contributed by atoms with Gasteiger partial charge in [-0.15, -0.1) is 0 Å². The lowest BCUT2D eigenvalue weighted by Crippen LogP contribution is -2.28. The summed E-state index contributed by atoms with van der Waals surface area (Å²) in [4.78, 5) is 22.6. The number of ether oxygens (including phenoxy) is 1. The summed E-state index contributed by atoms with van der Waals surface area (Å²) in [5.41, 5.74) is 1.22. The van der Waals surface area contributed by atoms with Crippen LogP contribution in [0, 0.1) is 5.41 Å². The molecule has 0 aromatic rings. The van der Waals surface area contributed by atoms with Gasteiger partial charge in [-0.1, -0.05) is 53.6 Å². The van der Waals surface area contributed by atoms with Crippen molar-refractivity contribution in [3.05, 3.63) is 34.4 Å². The second-order valence-corrected chi connectivity index (χ2v) is 7.45. The third-order valence-corrected chi connectivity index (χ3v) is 3.59. The summed E-state index contributed by atoms with van der Waals surface area (Å²) in [5.74, 6) is -0.751. The van der Waals surface area contributed by atoms with Crippen LogP contribution in [0.4, 0.5) is 0 Å². The first-order valence-corrected chi connectivity index (χ1v) is 8.47. The molecule has 0 atom stereocenters. The van der Waals surface area contributed by atoms with E-state index in [1.807, 2.05) is 13.0 Å². The standard InChI is InChI=1S/C18H28BrNO3/c1-14(7-6-8-15(2)19)9-11-18(3,4)12-10-16(21)20-13-17(22)23-5/h8-10,12H,6-7,11,13H2,1-5H3,(H,20,21)/b12-10+,14-9+,15-8+. The van der Waals surface area contributed by atoms with Crippen molar-refractivity contribution in [1.82, 2.24) is 5.32 Å². The van der Waals surface area contributed by atoms with Crippen molar-refractivity contribution in [2.75, 3.05) is 13.7 Å². The normalized spacial score (nSPS) is 13.3. The van der Waals surface area contributed by atoms with Crippen LogP contribution in [-0.2, 0) is 14.3 Å². The molecular weight excluding hydrogens is 358 g/mol. The van der Waals surface area contributed by atoms with Crippen molar-refractivity contribution >= 4 is 27.8 Å². The average molecular weight is 386 g/mol. The zero-order valence-corrected chi connectivity index (χ0v) is 16.3. The Morgan fingerprint density at radius 2 is 1.87 bits per heavy atom. The average Bonchev–Trinajstić information content (AvgIpc) is 2.48. The number of carbonyl (C=O) groups excluding carboxylic acids is 2. The fourth-order valence-electron chi connectivity index (χ4n) is 1.70. The summed E-state index contributed by atoms with van der Waals surface area (Å²) >= 11 is 3.42. The third kappa shape index (κ3) is 12.8. The summed E-state index contributed by atoms with van der Waals surface area (Å²) in [6, 6.07) is 0. The van der Waals surface area contributed by atoms with Gasteiger partial charge in [-0.05, 0) is 49.1 Å². The maximum absolute atomic E-state index is 11.6. The second-order valence-electron chi connectivity index (χ2n) is 6.20. The highest BCUT2D eigenvalue weighted by Gasteiger charge is 2.13. The van der Waals surface area contributed by atoms with Crippen LogP contribution in [0.5, 0.6) is 0 Å². The van der Waals surface area contributed by atoms with Crippen LogP contribution in [0.3, 0.4) is 0 Å². The lowest BCUT2D eigenvalue weighted by Gasteiger charge is -2.18. The van der Waals surface area contributed by atoms with Crippen LogP contribution in [0.15, 0.2) is 34.4 Å². The number of hydrogen-bond donors (Lipinski definition) is 1. The Labute approximate surface area is 148 Å². The fourth-order valence-corrected chi connectivity index (χ4v) is 1.93. The van der Waals surface area contributed by atoms with Crippen LogP contribution in [0.25, 0.3) is 0 Å². The van der Waals surface area contributed by atoms with Crippen LogP contribution in [0.1, 0.15) is 47.0 Å². The Kier molecular flexibility index (Phi) is 10.6. The fraction of sp³-hybridized carbons (Fsp3) is 0.556. The van der Waals surface area contributed by atoms with E-state index in [-0.39, 0.29) is 17.9 Å². The van der Waals surface area contributed by atoms with Gasteiger partial charge in [0.2, 0.25) is 5.91 Å². The van der Waals surface area contributed by atoms with E-state index in [1.165, 1.54) is 18.8 Å². The molecule has 0 aliphatic rings. The van der Waals surface area contributed by atoms with E-state index in [0.717, 1.165) is 23.7 Å². The minimum Gasteiger partial charge on any atom is -0.468 e. The summed E-state index contributed by atoms with van der Waals surface area (Å²) in [6.07, 6.45) is 10.6. The van der Waals surface area contributed by atoms with Crippen molar-refractivity contribution in [3.8, 4) is 0 Å². The molecule has 0 radical (unpaired) electrons. The van der Waals surface area contributed by atoms with Gasteiger partial charge in [0.25, 0.3) is 0 Å². The van der Waals surface area contributed by atoms with Gasteiger partial charge in [0.05, 0.1) is 7.11 Å². The number of nitrogens with one attached hydrogen (secondary N) is 1. The maximum atomic E-state index is 11.6. The number of carbonyl (C=O) groups is 2. The Morgan fingerprint density at radius 1 is 1.22 bits per heavy atom. The molecule has 4 nitrogen and oxygen atoms in total. The molecule has 0 aliphatic carbocycles. The number of methoxy groups -OCH3 is 1. The van der Waals surface area contributed by atoms with Crippen molar-refractivity contribution < 1.29 is 14.3 Å². The highest BCUT2D eigenvalue weighted by molar-refractivity contribution is 9.11.